The zero-order valence-electron chi connectivity index (χ0n) is 12.0. The van der Waals surface area contributed by atoms with Crippen molar-refractivity contribution in [2.24, 2.45) is 0 Å². The molecule has 1 atom stereocenters. The Bertz CT molecular complexity index is 632. The highest BCUT2D eigenvalue weighted by molar-refractivity contribution is 6.30. The minimum Gasteiger partial charge on any atom is -0.349 e. The fourth-order valence-corrected chi connectivity index (χ4v) is 2.82. The third-order valence-corrected chi connectivity index (χ3v) is 4.48. The van der Waals surface area contributed by atoms with Gasteiger partial charge >= 0.3 is 0 Å². The average molecular weight is 300 g/mol. The summed E-state index contributed by atoms with van der Waals surface area (Å²) in [5, 5.41) is 3.84. The lowest BCUT2D eigenvalue weighted by atomic mass is 9.94. The molecule has 2 nitrogen and oxygen atoms in total. The second-order valence-corrected chi connectivity index (χ2v) is 6.13. The van der Waals surface area contributed by atoms with Crippen molar-refractivity contribution in [1.82, 2.24) is 5.32 Å². The number of carbonyl (C=O) groups is 1. The molecule has 1 aliphatic carbocycles. The lowest BCUT2D eigenvalue weighted by molar-refractivity contribution is -0.124. The molecule has 1 amide bonds. The van der Waals surface area contributed by atoms with Gasteiger partial charge in [0.25, 0.3) is 0 Å². The van der Waals surface area contributed by atoms with Crippen molar-refractivity contribution in [3.05, 3.63) is 70.7 Å². The first-order valence-electron chi connectivity index (χ1n) is 7.24. The van der Waals surface area contributed by atoms with Crippen molar-refractivity contribution in [3.8, 4) is 0 Å². The van der Waals surface area contributed by atoms with E-state index in [1.165, 1.54) is 0 Å². The van der Waals surface area contributed by atoms with Gasteiger partial charge in [0.15, 0.2) is 0 Å². The van der Waals surface area contributed by atoms with E-state index in [-0.39, 0.29) is 17.4 Å². The molecular formula is C18H18ClNO. The summed E-state index contributed by atoms with van der Waals surface area (Å²) < 4.78 is 0. The van der Waals surface area contributed by atoms with Gasteiger partial charge in [0.2, 0.25) is 5.91 Å². The van der Waals surface area contributed by atoms with Gasteiger partial charge in [0, 0.05) is 5.02 Å². The normalized spacial score (nSPS) is 17.0. The summed E-state index contributed by atoms with van der Waals surface area (Å²) in [5.41, 5.74) is 1.87. The Morgan fingerprint density at radius 1 is 1.10 bits per heavy atom. The molecule has 108 valence electrons. The molecule has 0 aromatic heterocycles. The molecule has 3 rings (SSSR count). The summed E-state index contributed by atoms with van der Waals surface area (Å²) in [4.78, 5) is 12.6. The molecule has 0 radical (unpaired) electrons. The van der Waals surface area contributed by atoms with E-state index < -0.39 is 0 Å². The molecule has 0 aliphatic heterocycles. The standard InChI is InChI=1S/C18H18ClNO/c1-13(14-7-9-16(19)10-8-14)20-17(21)18(11-12-18)15-5-3-2-4-6-15/h2-10,13H,11-12H2,1H3,(H,20,21)/t13-/m1/s1. The van der Waals surface area contributed by atoms with Crippen LogP contribution in [0, 0.1) is 0 Å². The molecule has 1 N–H and O–H groups in total. The summed E-state index contributed by atoms with van der Waals surface area (Å²) in [6.07, 6.45) is 1.85. The van der Waals surface area contributed by atoms with Crippen LogP contribution in [-0.2, 0) is 10.2 Å². The van der Waals surface area contributed by atoms with Gasteiger partial charge in [-0.25, -0.2) is 0 Å². The van der Waals surface area contributed by atoms with Crippen molar-refractivity contribution < 1.29 is 4.79 Å². The second kappa shape index (κ2) is 5.53. The maximum atomic E-state index is 12.6. The molecule has 2 aromatic rings. The van der Waals surface area contributed by atoms with E-state index in [4.69, 9.17) is 11.6 Å². The van der Waals surface area contributed by atoms with E-state index in [9.17, 15) is 4.79 Å². The van der Waals surface area contributed by atoms with Crippen molar-refractivity contribution in [2.45, 2.75) is 31.2 Å². The number of halogens is 1. The van der Waals surface area contributed by atoms with Crippen LogP contribution in [0.25, 0.3) is 0 Å². The Kier molecular flexibility index (Phi) is 3.73. The zero-order chi connectivity index (χ0) is 14.9. The summed E-state index contributed by atoms with van der Waals surface area (Å²) >= 11 is 5.90. The highest BCUT2D eigenvalue weighted by Gasteiger charge is 2.51. The van der Waals surface area contributed by atoms with Gasteiger partial charge < -0.3 is 5.32 Å². The van der Waals surface area contributed by atoms with Crippen LogP contribution in [0.2, 0.25) is 5.02 Å². The van der Waals surface area contributed by atoms with Gasteiger partial charge in [-0.1, -0.05) is 54.1 Å². The topological polar surface area (TPSA) is 29.1 Å². The highest BCUT2D eigenvalue weighted by atomic mass is 35.5. The van der Waals surface area contributed by atoms with Crippen LogP contribution in [0.15, 0.2) is 54.6 Å². The highest BCUT2D eigenvalue weighted by Crippen LogP contribution is 2.48. The van der Waals surface area contributed by atoms with Crippen molar-refractivity contribution >= 4 is 17.5 Å². The van der Waals surface area contributed by atoms with E-state index in [0.717, 1.165) is 24.0 Å². The van der Waals surface area contributed by atoms with Crippen LogP contribution in [0.1, 0.15) is 36.9 Å². The number of nitrogens with one attached hydrogen (secondary N) is 1. The zero-order valence-corrected chi connectivity index (χ0v) is 12.7. The average Bonchev–Trinajstić information content (AvgIpc) is 3.30. The van der Waals surface area contributed by atoms with Crippen LogP contribution in [0.4, 0.5) is 0 Å². The molecule has 21 heavy (non-hydrogen) atoms. The SMILES string of the molecule is C[C@@H](NC(=O)C1(c2ccccc2)CC1)c1ccc(Cl)cc1. The molecule has 0 heterocycles. The van der Waals surface area contributed by atoms with Gasteiger partial charge in [0.1, 0.15) is 0 Å². The third kappa shape index (κ3) is 2.81. The molecule has 1 fully saturated rings. The first-order chi connectivity index (χ1) is 10.1. The predicted octanol–water partition coefficient (Wildman–Crippen LogP) is 4.25. The Morgan fingerprint density at radius 2 is 1.71 bits per heavy atom. The maximum absolute atomic E-state index is 12.6. The molecule has 1 aliphatic rings. The lowest BCUT2D eigenvalue weighted by Crippen LogP contribution is -2.36. The molecule has 0 saturated heterocycles. The summed E-state index contributed by atoms with van der Waals surface area (Å²) in [7, 11) is 0. The molecule has 0 spiro atoms. The van der Waals surface area contributed by atoms with Crippen LogP contribution in [0.3, 0.4) is 0 Å². The Labute approximate surface area is 130 Å². The maximum Gasteiger partial charge on any atom is 0.231 e. The molecule has 0 unspecified atom stereocenters. The molecule has 2 aromatic carbocycles. The summed E-state index contributed by atoms with van der Waals surface area (Å²) in [6, 6.07) is 17.6. The van der Waals surface area contributed by atoms with Gasteiger partial charge in [-0.3, -0.25) is 4.79 Å². The fraction of sp³-hybridized carbons (Fsp3) is 0.278. The molecule has 0 bridgehead atoms. The van der Waals surface area contributed by atoms with Crippen molar-refractivity contribution in [1.29, 1.82) is 0 Å². The number of rotatable bonds is 4. The number of hydrogen-bond donors (Lipinski definition) is 1. The summed E-state index contributed by atoms with van der Waals surface area (Å²) in [6.45, 7) is 2.00. The number of benzene rings is 2. The molecule has 1 saturated carbocycles. The molecule has 3 heteroatoms. The van der Waals surface area contributed by atoms with Gasteiger partial charge in [-0.2, -0.15) is 0 Å². The van der Waals surface area contributed by atoms with E-state index >= 15 is 0 Å². The molecular weight excluding hydrogens is 282 g/mol. The lowest BCUT2D eigenvalue weighted by Gasteiger charge is -2.20. The number of hydrogen-bond acceptors (Lipinski definition) is 1. The monoisotopic (exact) mass is 299 g/mol. The van der Waals surface area contributed by atoms with Gasteiger partial charge in [-0.05, 0) is 43.0 Å². The Balaban J connectivity index is 1.73. The van der Waals surface area contributed by atoms with Crippen LogP contribution in [-0.4, -0.2) is 5.91 Å². The van der Waals surface area contributed by atoms with Crippen LogP contribution >= 0.6 is 11.6 Å². The largest absolute Gasteiger partial charge is 0.349 e. The van der Waals surface area contributed by atoms with Gasteiger partial charge in [0.05, 0.1) is 11.5 Å². The van der Waals surface area contributed by atoms with Gasteiger partial charge in [-0.15, -0.1) is 0 Å². The van der Waals surface area contributed by atoms with Crippen molar-refractivity contribution in [3.63, 3.8) is 0 Å². The first-order valence-corrected chi connectivity index (χ1v) is 7.61. The summed E-state index contributed by atoms with van der Waals surface area (Å²) in [5.74, 6) is 0.121. The predicted molar refractivity (Wildman–Crippen MR) is 85.4 cm³/mol. The third-order valence-electron chi connectivity index (χ3n) is 4.23. The van der Waals surface area contributed by atoms with E-state index in [1.807, 2.05) is 61.5 Å². The van der Waals surface area contributed by atoms with Crippen molar-refractivity contribution in [2.75, 3.05) is 0 Å². The Hall–Kier alpha value is -1.80. The number of carbonyl (C=O) groups excluding carboxylic acids is 1. The Morgan fingerprint density at radius 3 is 2.29 bits per heavy atom. The van der Waals surface area contributed by atoms with Crippen LogP contribution in [0.5, 0.6) is 0 Å². The first kappa shape index (κ1) is 14.2. The van der Waals surface area contributed by atoms with E-state index in [1.54, 1.807) is 0 Å². The minimum absolute atomic E-state index is 0.0176. The quantitative estimate of drug-likeness (QED) is 0.898. The number of amides is 1. The van der Waals surface area contributed by atoms with E-state index in [0.29, 0.717) is 5.02 Å². The minimum atomic E-state index is -0.318. The fourth-order valence-electron chi connectivity index (χ4n) is 2.70. The second-order valence-electron chi connectivity index (χ2n) is 5.69. The van der Waals surface area contributed by atoms with Crippen LogP contribution < -0.4 is 5.32 Å². The van der Waals surface area contributed by atoms with E-state index in [2.05, 4.69) is 5.32 Å². The smallest absolute Gasteiger partial charge is 0.231 e.